The predicted molar refractivity (Wildman–Crippen MR) is 109 cm³/mol. The van der Waals surface area contributed by atoms with E-state index in [1.54, 1.807) is 35.6 Å². The van der Waals surface area contributed by atoms with Gasteiger partial charge in [0, 0.05) is 15.6 Å². The fraction of sp³-hybridized carbons (Fsp3) is 0.278. The second-order valence-electron chi connectivity index (χ2n) is 6.13. The number of benzene rings is 1. The zero-order chi connectivity index (χ0) is 18.1. The van der Waals surface area contributed by atoms with E-state index >= 15 is 0 Å². The van der Waals surface area contributed by atoms with Gasteiger partial charge in [-0.3, -0.25) is 4.79 Å². The molecular weight excluding hydrogens is 388 g/mol. The van der Waals surface area contributed by atoms with Crippen molar-refractivity contribution in [2.45, 2.75) is 30.8 Å². The first-order valence-electron chi connectivity index (χ1n) is 8.36. The van der Waals surface area contributed by atoms with Gasteiger partial charge in [0.05, 0.1) is 11.1 Å². The van der Waals surface area contributed by atoms with E-state index in [1.807, 2.05) is 0 Å². The van der Waals surface area contributed by atoms with E-state index in [0.29, 0.717) is 21.7 Å². The Morgan fingerprint density at radius 1 is 1.31 bits per heavy atom. The number of thioether (sulfide) groups is 1. The van der Waals surface area contributed by atoms with Gasteiger partial charge in [0.1, 0.15) is 10.6 Å². The smallest absolute Gasteiger partial charge is 0.234 e. The quantitative estimate of drug-likeness (QED) is 0.493. The Kier molecular flexibility index (Phi) is 5.02. The molecule has 1 aliphatic rings. The normalized spacial score (nSPS) is 13.6. The Labute approximate surface area is 164 Å². The number of amides is 1. The molecule has 26 heavy (non-hydrogen) atoms. The van der Waals surface area contributed by atoms with E-state index in [2.05, 4.69) is 15.3 Å². The second kappa shape index (κ2) is 7.42. The molecule has 3 aromatic rings. The lowest BCUT2D eigenvalue weighted by Gasteiger charge is -2.10. The molecule has 1 aliphatic carbocycles. The maximum Gasteiger partial charge on any atom is 0.234 e. The molecule has 5 nitrogen and oxygen atoms in total. The van der Waals surface area contributed by atoms with Crippen LogP contribution in [0.15, 0.2) is 29.4 Å². The highest BCUT2D eigenvalue weighted by molar-refractivity contribution is 7.99. The van der Waals surface area contributed by atoms with Gasteiger partial charge in [-0.25, -0.2) is 9.97 Å². The van der Waals surface area contributed by atoms with Crippen molar-refractivity contribution in [3.63, 3.8) is 0 Å². The number of carbonyl (C=O) groups is 1. The summed E-state index contributed by atoms with van der Waals surface area (Å²) in [5, 5.41) is 4.95. The molecule has 134 valence electrons. The van der Waals surface area contributed by atoms with Crippen LogP contribution in [0.1, 0.15) is 23.3 Å². The number of fused-ring (bicyclic) bond motifs is 3. The monoisotopic (exact) mass is 404 g/mol. The molecule has 2 aromatic heterocycles. The summed E-state index contributed by atoms with van der Waals surface area (Å²) in [6, 6.07) is 7.06. The first-order chi connectivity index (χ1) is 12.6. The fourth-order valence-electron chi connectivity index (χ4n) is 3.12. The summed E-state index contributed by atoms with van der Waals surface area (Å²) in [6.07, 6.45) is 4.56. The Morgan fingerprint density at radius 2 is 2.15 bits per heavy atom. The highest BCUT2D eigenvalue weighted by Gasteiger charge is 2.20. The van der Waals surface area contributed by atoms with Crippen molar-refractivity contribution in [2.75, 3.05) is 16.8 Å². The summed E-state index contributed by atoms with van der Waals surface area (Å²) in [5.74, 6) is 0.597. The molecule has 0 spiro atoms. The number of hydrogen-bond acceptors (Lipinski definition) is 6. The highest BCUT2D eigenvalue weighted by atomic mass is 35.5. The summed E-state index contributed by atoms with van der Waals surface area (Å²) in [5.41, 5.74) is 8.19. The number of thiophene rings is 1. The first-order valence-corrected chi connectivity index (χ1v) is 10.5. The van der Waals surface area contributed by atoms with Crippen LogP contribution >= 0.6 is 34.7 Å². The molecule has 0 radical (unpaired) electrons. The van der Waals surface area contributed by atoms with Crippen LogP contribution < -0.4 is 11.1 Å². The van der Waals surface area contributed by atoms with Gasteiger partial charge in [-0.05, 0) is 49.4 Å². The molecular formula is C18H17ClN4OS2. The number of nitrogens with two attached hydrogens (primary N) is 1. The van der Waals surface area contributed by atoms with Gasteiger partial charge in [0.25, 0.3) is 0 Å². The van der Waals surface area contributed by atoms with Crippen molar-refractivity contribution in [3.05, 3.63) is 39.7 Å². The Bertz CT molecular complexity index is 989. The number of hydrogen-bond donors (Lipinski definition) is 2. The second-order valence-corrected chi connectivity index (χ2v) is 8.59. The maximum absolute atomic E-state index is 12.1. The third-order valence-corrected chi connectivity index (χ3v) is 6.53. The molecule has 3 N–H and O–H groups in total. The molecule has 0 fully saturated rings. The van der Waals surface area contributed by atoms with Crippen molar-refractivity contribution >= 4 is 62.3 Å². The van der Waals surface area contributed by atoms with E-state index in [4.69, 9.17) is 17.3 Å². The summed E-state index contributed by atoms with van der Waals surface area (Å²) in [7, 11) is 0. The van der Waals surface area contributed by atoms with E-state index in [1.165, 1.54) is 35.0 Å². The molecule has 0 saturated carbocycles. The number of aryl methyl sites for hydroxylation is 2. The van der Waals surface area contributed by atoms with Crippen LogP contribution in [-0.4, -0.2) is 21.6 Å². The third-order valence-electron chi connectivity index (χ3n) is 4.26. The molecule has 0 unspecified atom stereocenters. The number of nitrogens with zero attached hydrogens (tertiary/aromatic N) is 2. The lowest BCUT2D eigenvalue weighted by atomic mass is 9.97. The topological polar surface area (TPSA) is 80.9 Å². The van der Waals surface area contributed by atoms with Gasteiger partial charge in [-0.1, -0.05) is 29.4 Å². The fourth-order valence-corrected chi connectivity index (χ4v) is 5.29. The molecule has 4 rings (SSSR count). The zero-order valence-electron chi connectivity index (χ0n) is 13.9. The van der Waals surface area contributed by atoms with E-state index < -0.39 is 0 Å². The van der Waals surface area contributed by atoms with E-state index in [0.717, 1.165) is 23.1 Å². The van der Waals surface area contributed by atoms with E-state index in [9.17, 15) is 4.79 Å². The minimum Gasteiger partial charge on any atom is -0.383 e. The summed E-state index contributed by atoms with van der Waals surface area (Å²) in [6.45, 7) is 0. The van der Waals surface area contributed by atoms with E-state index in [-0.39, 0.29) is 11.7 Å². The lowest BCUT2D eigenvalue weighted by molar-refractivity contribution is -0.113. The van der Waals surface area contributed by atoms with Crippen molar-refractivity contribution in [1.82, 2.24) is 9.97 Å². The molecule has 0 saturated heterocycles. The number of rotatable bonds is 4. The first kappa shape index (κ1) is 17.6. The van der Waals surface area contributed by atoms with Gasteiger partial charge in [0.2, 0.25) is 5.91 Å². The molecule has 1 aromatic carbocycles. The Hall–Kier alpha value is -1.83. The highest BCUT2D eigenvalue weighted by Crippen LogP contribution is 2.38. The minimum absolute atomic E-state index is 0.134. The lowest BCUT2D eigenvalue weighted by Crippen LogP contribution is -2.14. The number of halogens is 1. The van der Waals surface area contributed by atoms with Crippen molar-refractivity contribution in [2.24, 2.45) is 0 Å². The summed E-state index contributed by atoms with van der Waals surface area (Å²) >= 11 is 8.92. The van der Waals surface area contributed by atoms with Gasteiger partial charge in [-0.2, -0.15) is 0 Å². The number of anilines is 2. The van der Waals surface area contributed by atoms with Gasteiger partial charge in [0.15, 0.2) is 5.16 Å². The molecule has 1 amide bonds. The molecule has 0 aliphatic heterocycles. The largest absolute Gasteiger partial charge is 0.383 e. The van der Waals surface area contributed by atoms with Crippen molar-refractivity contribution in [1.29, 1.82) is 0 Å². The Balaban J connectivity index is 1.48. The maximum atomic E-state index is 12.1. The number of nitrogen functional groups attached to an aromatic ring is 1. The predicted octanol–water partition coefficient (Wildman–Crippen LogP) is 4.54. The number of nitrogens with one attached hydrogen (secondary N) is 1. The zero-order valence-corrected chi connectivity index (χ0v) is 16.3. The van der Waals surface area contributed by atoms with Gasteiger partial charge >= 0.3 is 0 Å². The third kappa shape index (κ3) is 3.65. The van der Waals surface area contributed by atoms with Crippen molar-refractivity contribution < 1.29 is 4.79 Å². The molecule has 2 heterocycles. The molecule has 8 heteroatoms. The standard InChI is InChI=1S/C18H17ClN4OS2/c19-10-4-3-5-11(8-10)21-14(24)9-25-18-22-16(20)15-12-6-1-2-7-13(12)26-17(15)23-18/h3-5,8H,1-2,6-7,9H2,(H,21,24)(H2,20,22,23). The number of carbonyl (C=O) groups excluding carboxylic acids is 1. The van der Waals surface area contributed by atoms with Crippen LogP contribution in [0, 0.1) is 0 Å². The SMILES string of the molecule is Nc1nc(SCC(=O)Nc2cccc(Cl)c2)nc2sc3c(c12)CCCC3. The van der Waals surface area contributed by atoms with Crippen molar-refractivity contribution in [3.8, 4) is 0 Å². The van der Waals surface area contributed by atoms with Crippen LogP contribution in [0.5, 0.6) is 0 Å². The Morgan fingerprint density at radius 3 is 3.00 bits per heavy atom. The van der Waals surface area contributed by atoms with Crippen LogP contribution in [0.4, 0.5) is 11.5 Å². The van der Waals surface area contributed by atoms with Crippen LogP contribution in [0.25, 0.3) is 10.2 Å². The molecule has 0 atom stereocenters. The van der Waals surface area contributed by atoms with Crippen LogP contribution in [0.3, 0.4) is 0 Å². The average Bonchev–Trinajstić information content (AvgIpc) is 2.99. The summed E-state index contributed by atoms with van der Waals surface area (Å²) < 4.78 is 0. The van der Waals surface area contributed by atoms with Gasteiger partial charge < -0.3 is 11.1 Å². The van der Waals surface area contributed by atoms with Gasteiger partial charge in [-0.15, -0.1) is 11.3 Å². The van der Waals surface area contributed by atoms with Crippen LogP contribution in [-0.2, 0) is 17.6 Å². The summed E-state index contributed by atoms with van der Waals surface area (Å²) in [4.78, 5) is 23.5. The van der Waals surface area contributed by atoms with Crippen LogP contribution in [0.2, 0.25) is 5.02 Å². The average molecular weight is 405 g/mol. The minimum atomic E-state index is -0.134. The number of aromatic nitrogens is 2. The molecule has 0 bridgehead atoms.